The van der Waals surface area contributed by atoms with E-state index in [-0.39, 0.29) is 11.8 Å². The highest BCUT2D eigenvalue weighted by atomic mass is 16.3. The van der Waals surface area contributed by atoms with E-state index in [0.29, 0.717) is 13.1 Å². The molecule has 0 fully saturated rings. The Morgan fingerprint density at radius 3 is 2.79 bits per heavy atom. The summed E-state index contributed by atoms with van der Waals surface area (Å²) >= 11 is 0. The minimum absolute atomic E-state index is 0.0374. The van der Waals surface area contributed by atoms with Gasteiger partial charge in [0.25, 0.3) is 0 Å². The van der Waals surface area contributed by atoms with Crippen molar-refractivity contribution in [2.75, 3.05) is 13.1 Å². The maximum atomic E-state index is 11.3. The molecule has 0 spiro atoms. The van der Waals surface area contributed by atoms with Gasteiger partial charge in [0, 0.05) is 24.4 Å². The van der Waals surface area contributed by atoms with Gasteiger partial charge in [0.05, 0.1) is 6.54 Å². The van der Waals surface area contributed by atoms with Crippen LogP contribution in [0.25, 0.3) is 11.0 Å². The zero-order valence-electron chi connectivity index (χ0n) is 11.4. The first-order valence-electron chi connectivity index (χ1n) is 6.62. The van der Waals surface area contributed by atoms with Crippen molar-refractivity contribution in [2.24, 2.45) is 5.92 Å². The summed E-state index contributed by atoms with van der Waals surface area (Å²) in [5.74, 6) is 1.04. The van der Waals surface area contributed by atoms with Crippen LogP contribution in [-0.2, 0) is 11.3 Å². The van der Waals surface area contributed by atoms with Gasteiger partial charge in [-0.25, -0.2) is 0 Å². The average molecular weight is 260 g/mol. The number of benzene rings is 1. The Morgan fingerprint density at radius 2 is 2.05 bits per heavy atom. The van der Waals surface area contributed by atoms with Crippen LogP contribution in [0.2, 0.25) is 0 Å². The predicted molar refractivity (Wildman–Crippen MR) is 75.8 cm³/mol. The number of hydrogen-bond donors (Lipinski definition) is 2. The summed E-state index contributed by atoms with van der Waals surface area (Å²) < 4.78 is 5.68. The SMILES string of the molecule is CC(C)C(=O)NCCNCc1cc2ccccc2o1. The summed E-state index contributed by atoms with van der Waals surface area (Å²) in [6.45, 7) is 5.81. The molecule has 0 saturated heterocycles. The number of fused-ring (bicyclic) bond motifs is 1. The average Bonchev–Trinajstić information content (AvgIpc) is 2.80. The van der Waals surface area contributed by atoms with Crippen LogP contribution in [0.3, 0.4) is 0 Å². The van der Waals surface area contributed by atoms with Crippen molar-refractivity contribution in [2.45, 2.75) is 20.4 Å². The minimum atomic E-state index is 0.0374. The van der Waals surface area contributed by atoms with Crippen LogP contribution in [0.1, 0.15) is 19.6 Å². The van der Waals surface area contributed by atoms with Gasteiger partial charge in [0.15, 0.2) is 0 Å². The number of furan rings is 1. The van der Waals surface area contributed by atoms with Crippen LogP contribution in [-0.4, -0.2) is 19.0 Å². The third-order valence-electron chi connectivity index (χ3n) is 2.90. The highest BCUT2D eigenvalue weighted by Gasteiger charge is 2.05. The van der Waals surface area contributed by atoms with Crippen LogP contribution in [0.5, 0.6) is 0 Å². The first kappa shape index (κ1) is 13.6. The smallest absolute Gasteiger partial charge is 0.222 e. The van der Waals surface area contributed by atoms with Crippen molar-refractivity contribution in [1.82, 2.24) is 10.6 Å². The fraction of sp³-hybridized carbons (Fsp3) is 0.400. The van der Waals surface area contributed by atoms with Crippen LogP contribution >= 0.6 is 0 Å². The Balaban J connectivity index is 1.72. The molecule has 0 aliphatic rings. The van der Waals surface area contributed by atoms with Crippen molar-refractivity contribution < 1.29 is 9.21 Å². The number of carbonyl (C=O) groups is 1. The Kier molecular flexibility index (Phi) is 4.58. The molecule has 19 heavy (non-hydrogen) atoms. The van der Waals surface area contributed by atoms with Crippen LogP contribution in [0, 0.1) is 5.92 Å². The van der Waals surface area contributed by atoms with Gasteiger partial charge in [-0.05, 0) is 12.1 Å². The first-order valence-corrected chi connectivity index (χ1v) is 6.62. The van der Waals surface area contributed by atoms with Gasteiger partial charge in [-0.1, -0.05) is 32.0 Å². The normalized spacial score (nSPS) is 11.1. The molecule has 2 rings (SSSR count). The lowest BCUT2D eigenvalue weighted by Crippen LogP contribution is -2.34. The fourth-order valence-electron chi connectivity index (χ4n) is 1.81. The van der Waals surface area contributed by atoms with E-state index in [0.717, 1.165) is 23.3 Å². The number of nitrogens with one attached hydrogen (secondary N) is 2. The molecule has 2 N–H and O–H groups in total. The second-order valence-electron chi connectivity index (χ2n) is 4.87. The molecular formula is C15H20N2O2. The Bertz CT molecular complexity index is 513. The van der Waals surface area contributed by atoms with E-state index in [9.17, 15) is 4.79 Å². The summed E-state index contributed by atoms with van der Waals surface area (Å²) in [4.78, 5) is 11.3. The van der Waals surface area contributed by atoms with Crippen LogP contribution in [0.4, 0.5) is 0 Å². The molecule has 1 amide bonds. The molecule has 0 bridgehead atoms. The summed E-state index contributed by atoms with van der Waals surface area (Å²) in [6, 6.07) is 9.99. The lowest BCUT2D eigenvalue weighted by molar-refractivity contribution is -0.123. The predicted octanol–water partition coefficient (Wildman–Crippen LogP) is 2.29. The van der Waals surface area contributed by atoms with Gasteiger partial charge in [-0.15, -0.1) is 0 Å². The summed E-state index contributed by atoms with van der Waals surface area (Å²) in [7, 11) is 0. The number of carbonyl (C=O) groups excluding carboxylic acids is 1. The summed E-state index contributed by atoms with van der Waals surface area (Å²) in [6.07, 6.45) is 0. The molecule has 102 valence electrons. The maximum absolute atomic E-state index is 11.3. The molecule has 2 aromatic rings. The van der Waals surface area contributed by atoms with Gasteiger partial charge in [0.1, 0.15) is 11.3 Å². The van der Waals surface area contributed by atoms with Crippen molar-refractivity contribution >= 4 is 16.9 Å². The summed E-state index contributed by atoms with van der Waals surface area (Å²) in [5, 5.41) is 7.23. The van der Waals surface area contributed by atoms with E-state index < -0.39 is 0 Å². The zero-order valence-corrected chi connectivity index (χ0v) is 11.4. The van der Waals surface area contributed by atoms with E-state index in [1.807, 2.05) is 44.2 Å². The van der Waals surface area contributed by atoms with E-state index >= 15 is 0 Å². The molecule has 1 aromatic heterocycles. The highest BCUT2D eigenvalue weighted by molar-refractivity contribution is 5.78. The first-order chi connectivity index (χ1) is 9.16. The second-order valence-corrected chi connectivity index (χ2v) is 4.87. The van der Waals surface area contributed by atoms with Gasteiger partial charge >= 0.3 is 0 Å². The summed E-state index contributed by atoms with van der Waals surface area (Å²) in [5.41, 5.74) is 0.910. The molecule has 1 heterocycles. The fourth-order valence-corrected chi connectivity index (χ4v) is 1.81. The van der Waals surface area contributed by atoms with Gasteiger partial charge in [-0.3, -0.25) is 4.79 Å². The Hall–Kier alpha value is -1.81. The van der Waals surface area contributed by atoms with Crippen LogP contribution in [0.15, 0.2) is 34.7 Å². The lowest BCUT2D eigenvalue weighted by atomic mass is 10.2. The quantitative estimate of drug-likeness (QED) is 0.784. The molecule has 0 aliphatic heterocycles. The molecule has 0 radical (unpaired) electrons. The molecule has 4 nitrogen and oxygen atoms in total. The molecule has 4 heteroatoms. The topological polar surface area (TPSA) is 54.3 Å². The molecule has 0 saturated carbocycles. The standard InChI is InChI=1S/C15H20N2O2/c1-11(2)15(18)17-8-7-16-10-13-9-12-5-3-4-6-14(12)19-13/h3-6,9,11,16H,7-8,10H2,1-2H3,(H,17,18). The Labute approximate surface area is 113 Å². The minimum Gasteiger partial charge on any atom is -0.460 e. The zero-order chi connectivity index (χ0) is 13.7. The van der Waals surface area contributed by atoms with Gasteiger partial charge in [0.2, 0.25) is 5.91 Å². The van der Waals surface area contributed by atoms with E-state index in [1.165, 1.54) is 0 Å². The highest BCUT2D eigenvalue weighted by Crippen LogP contribution is 2.18. The van der Waals surface area contributed by atoms with E-state index in [1.54, 1.807) is 0 Å². The third-order valence-corrected chi connectivity index (χ3v) is 2.90. The lowest BCUT2D eigenvalue weighted by Gasteiger charge is -2.07. The molecule has 0 aliphatic carbocycles. The van der Waals surface area contributed by atoms with Gasteiger partial charge < -0.3 is 15.1 Å². The number of rotatable bonds is 6. The monoisotopic (exact) mass is 260 g/mol. The molecule has 0 atom stereocenters. The van der Waals surface area contributed by atoms with Crippen molar-refractivity contribution in [3.8, 4) is 0 Å². The number of hydrogen-bond acceptors (Lipinski definition) is 3. The van der Waals surface area contributed by atoms with Crippen molar-refractivity contribution in [1.29, 1.82) is 0 Å². The number of amides is 1. The third kappa shape index (κ3) is 3.83. The van der Waals surface area contributed by atoms with E-state index in [2.05, 4.69) is 10.6 Å². The van der Waals surface area contributed by atoms with Crippen molar-refractivity contribution in [3.05, 3.63) is 36.1 Å². The largest absolute Gasteiger partial charge is 0.460 e. The van der Waals surface area contributed by atoms with Crippen molar-refractivity contribution in [3.63, 3.8) is 0 Å². The Morgan fingerprint density at radius 1 is 1.26 bits per heavy atom. The number of para-hydroxylation sites is 1. The van der Waals surface area contributed by atoms with Crippen LogP contribution < -0.4 is 10.6 Å². The molecule has 1 aromatic carbocycles. The van der Waals surface area contributed by atoms with E-state index in [4.69, 9.17) is 4.42 Å². The molecular weight excluding hydrogens is 240 g/mol. The molecule has 0 unspecified atom stereocenters. The second kappa shape index (κ2) is 6.38. The van der Waals surface area contributed by atoms with Gasteiger partial charge in [-0.2, -0.15) is 0 Å². The maximum Gasteiger partial charge on any atom is 0.222 e.